The fourth-order valence-electron chi connectivity index (χ4n) is 2.11. The molecule has 2 N–H and O–H groups in total. The normalized spacial score (nSPS) is 12.0. The Bertz CT molecular complexity index is 715. The summed E-state index contributed by atoms with van der Waals surface area (Å²) in [4.78, 5) is 11.7. The van der Waals surface area contributed by atoms with E-state index in [1.807, 2.05) is 36.4 Å². The van der Waals surface area contributed by atoms with Gasteiger partial charge in [-0.25, -0.2) is 0 Å². The van der Waals surface area contributed by atoms with Crippen LogP contribution in [0.15, 0.2) is 69.9 Å². The predicted molar refractivity (Wildman–Crippen MR) is 80.1 cm³/mol. The summed E-state index contributed by atoms with van der Waals surface area (Å²) in [6.07, 6.45) is 2.26. The van der Waals surface area contributed by atoms with Crippen LogP contribution in [0.1, 0.15) is 22.2 Å². The van der Waals surface area contributed by atoms with E-state index in [9.17, 15) is 9.90 Å². The zero-order valence-corrected chi connectivity index (χ0v) is 11.7. The third-order valence-corrected chi connectivity index (χ3v) is 3.30. The van der Waals surface area contributed by atoms with Crippen LogP contribution >= 0.6 is 0 Å². The third-order valence-electron chi connectivity index (χ3n) is 3.30. The summed E-state index contributed by atoms with van der Waals surface area (Å²) < 4.78 is 10.3. The van der Waals surface area contributed by atoms with Crippen molar-refractivity contribution in [1.82, 2.24) is 5.32 Å². The standard InChI is InChI=1S/C17H15NO4/c19-14(11-18-17(20)16-4-2-10-22-16)12-5-7-13(8-6-12)15-3-1-9-21-15/h1-10,14,19H,11H2,(H,18,20)/t14-/m0/s1. The quantitative estimate of drug-likeness (QED) is 0.759. The molecular weight excluding hydrogens is 282 g/mol. The Morgan fingerprint density at radius 2 is 1.77 bits per heavy atom. The molecule has 0 aliphatic carbocycles. The summed E-state index contributed by atoms with van der Waals surface area (Å²) in [5, 5.41) is 12.7. The first-order valence-electron chi connectivity index (χ1n) is 6.87. The van der Waals surface area contributed by atoms with Crippen LogP contribution in [0.25, 0.3) is 11.3 Å². The molecule has 0 radical (unpaired) electrons. The van der Waals surface area contributed by atoms with E-state index < -0.39 is 6.10 Å². The van der Waals surface area contributed by atoms with E-state index in [1.54, 1.807) is 18.4 Å². The lowest BCUT2D eigenvalue weighted by molar-refractivity contribution is 0.0889. The second-order valence-corrected chi connectivity index (χ2v) is 4.80. The molecule has 0 aliphatic heterocycles. The van der Waals surface area contributed by atoms with Crippen molar-refractivity contribution in [3.8, 4) is 11.3 Å². The van der Waals surface area contributed by atoms with E-state index in [1.165, 1.54) is 6.26 Å². The summed E-state index contributed by atoms with van der Waals surface area (Å²) in [5.74, 6) is 0.642. The van der Waals surface area contributed by atoms with Crippen LogP contribution in [0.3, 0.4) is 0 Å². The lowest BCUT2D eigenvalue weighted by atomic mass is 10.1. The minimum atomic E-state index is -0.787. The predicted octanol–water partition coefficient (Wildman–Crippen LogP) is 3.00. The number of aliphatic hydroxyl groups excluding tert-OH is 1. The fraction of sp³-hybridized carbons (Fsp3) is 0.118. The molecule has 0 unspecified atom stereocenters. The maximum absolute atomic E-state index is 11.7. The van der Waals surface area contributed by atoms with E-state index in [0.29, 0.717) is 0 Å². The average molecular weight is 297 g/mol. The number of benzene rings is 1. The number of nitrogens with one attached hydrogen (secondary N) is 1. The monoisotopic (exact) mass is 297 g/mol. The Morgan fingerprint density at radius 1 is 1.05 bits per heavy atom. The Balaban J connectivity index is 1.60. The first kappa shape index (κ1) is 14.2. The minimum absolute atomic E-state index is 0.111. The highest BCUT2D eigenvalue weighted by atomic mass is 16.3. The van der Waals surface area contributed by atoms with Crippen molar-refractivity contribution >= 4 is 5.91 Å². The summed E-state index contributed by atoms with van der Waals surface area (Å²) in [7, 11) is 0. The number of carbonyl (C=O) groups excluding carboxylic acids is 1. The van der Waals surface area contributed by atoms with Crippen molar-refractivity contribution in [3.63, 3.8) is 0 Å². The highest BCUT2D eigenvalue weighted by Gasteiger charge is 2.12. The van der Waals surface area contributed by atoms with Gasteiger partial charge in [0.1, 0.15) is 5.76 Å². The van der Waals surface area contributed by atoms with Crippen molar-refractivity contribution in [2.24, 2.45) is 0 Å². The van der Waals surface area contributed by atoms with E-state index in [0.717, 1.165) is 16.9 Å². The van der Waals surface area contributed by atoms with Crippen LogP contribution in [0.2, 0.25) is 0 Å². The van der Waals surface area contributed by atoms with E-state index in [-0.39, 0.29) is 18.2 Å². The molecule has 5 heteroatoms. The van der Waals surface area contributed by atoms with Crippen LogP contribution < -0.4 is 5.32 Å². The molecule has 112 valence electrons. The molecule has 2 aromatic heterocycles. The maximum Gasteiger partial charge on any atom is 0.287 e. The van der Waals surface area contributed by atoms with E-state index in [4.69, 9.17) is 8.83 Å². The SMILES string of the molecule is O=C(NC[C@H](O)c1ccc(-c2ccco2)cc1)c1ccco1. The molecule has 5 nitrogen and oxygen atoms in total. The van der Waals surface area contributed by atoms with Gasteiger partial charge in [-0.05, 0) is 29.8 Å². The zero-order chi connectivity index (χ0) is 15.4. The van der Waals surface area contributed by atoms with Gasteiger partial charge in [0.15, 0.2) is 5.76 Å². The first-order valence-corrected chi connectivity index (χ1v) is 6.87. The van der Waals surface area contributed by atoms with Gasteiger partial charge in [-0.3, -0.25) is 4.79 Å². The van der Waals surface area contributed by atoms with Gasteiger partial charge in [0.2, 0.25) is 0 Å². The Morgan fingerprint density at radius 3 is 2.41 bits per heavy atom. The molecule has 0 bridgehead atoms. The van der Waals surface area contributed by atoms with Gasteiger partial charge >= 0.3 is 0 Å². The van der Waals surface area contributed by atoms with Crippen LogP contribution in [0.5, 0.6) is 0 Å². The van der Waals surface area contributed by atoms with Crippen molar-refractivity contribution < 1.29 is 18.7 Å². The lowest BCUT2D eigenvalue weighted by Gasteiger charge is -2.12. The van der Waals surface area contributed by atoms with Gasteiger partial charge in [0.05, 0.1) is 18.6 Å². The molecule has 1 aromatic carbocycles. The highest BCUT2D eigenvalue weighted by molar-refractivity contribution is 5.91. The van der Waals surface area contributed by atoms with Gasteiger partial charge in [-0.1, -0.05) is 24.3 Å². The number of amides is 1. The van der Waals surface area contributed by atoms with Crippen molar-refractivity contribution in [2.75, 3.05) is 6.54 Å². The summed E-state index contributed by atoms with van der Waals surface area (Å²) in [6, 6.07) is 14.2. The third kappa shape index (κ3) is 3.10. The lowest BCUT2D eigenvalue weighted by Crippen LogP contribution is -2.28. The van der Waals surface area contributed by atoms with E-state index in [2.05, 4.69) is 5.32 Å². The van der Waals surface area contributed by atoms with Gasteiger partial charge in [-0.2, -0.15) is 0 Å². The van der Waals surface area contributed by atoms with Gasteiger partial charge in [0, 0.05) is 12.1 Å². The number of furan rings is 2. The van der Waals surface area contributed by atoms with Crippen LogP contribution in [-0.2, 0) is 0 Å². The van der Waals surface area contributed by atoms with Gasteiger partial charge in [0.25, 0.3) is 5.91 Å². The second kappa shape index (κ2) is 6.32. The average Bonchev–Trinajstić information content (AvgIpc) is 3.25. The molecule has 3 rings (SSSR count). The topological polar surface area (TPSA) is 75.6 Å². The molecule has 0 saturated heterocycles. The zero-order valence-electron chi connectivity index (χ0n) is 11.7. The largest absolute Gasteiger partial charge is 0.464 e. The smallest absolute Gasteiger partial charge is 0.287 e. The Kier molecular flexibility index (Phi) is 4.07. The molecule has 0 spiro atoms. The van der Waals surface area contributed by atoms with E-state index >= 15 is 0 Å². The summed E-state index contributed by atoms with van der Waals surface area (Å²) >= 11 is 0. The molecule has 0 fully saturated rings. The Hall–Kier alpha value is -2.79. The van der Waals surface area contributed by atoms with Crippen LogP contribution in [-0.4, -0.2) is 17.6 Å². The first-order chi connectivity index (χ1) is 10.7. The Labute approximate surface area is 127 Å². The van der Waals surface area contributed by atoms with Gasteiger partial charge < -0.3 is 19.3 Å². The van der Waals surface area contributed by atoms with Crippen molar-refractivity contribution in [2.45, 2.75) is 6.10 Å². The molecule has 1 amide bonds. The molecule has 22 heavy (non-hydrogen) atoms. The number of rotatable bonds is 5. The molecule has 0 aliphatic rings. The number of carbonyl (C=O) groups is 1. The van der Waals surface area contributed by atoms with Crippen LogP contribution in [0, 0.1) is 0 Å². The fourth-order valence-corrected chi connectivity index (χ4v) is 2.11. The molecule has 0 saturated carbocycles. The number of hydrogen-bond acceptors (Lipinski definition) is 4. The second-order valence-electron chi connectivity index (χ2n) is 4.80. The molecule has 1 atom stereocenters. The molecular formula is C17H15NO4. The summed E-state index contributed by atoms with van der Waals surface area (Å²) in [6.45, 7) is 0.111. The van der Waals surface area contributed by atoms with Gasteiger partial charge in [-0.15, -0.1) is 0 Å². The maximum atomic E-state index is 11.7. The summed E-state index contributed by atoms with van der Waals surface area (Å²) in [5.41, 5.74) is 1.65. The number of hydrogen-bond donors (Lipinski definition) is 2. The molecule has 2 heterocycles. The highest BCUT2D eigenvalue weighted by Crippen LogP contribution is 2.22. The molecule has 3 aromatic rings. The minimum Gasteiger partial charge on any atom is -0.464 e. The van der Waals surface area contributed by atoms with Crippen molar-refractivity contribution in [1.29, 1.82) is 0 Å². The van der Waals surface area contributed by atoms with Crippen molar-refractivity contribution in [3.05, 3.63) is 72.4 Å². The number of aliphatic hydroxyl groups is 1. The van der Waals surface area contributed by atoms with Crippen LogP contribution in [0.4, 0.5) is 0 Å².